The highest BCUT2D eigenvalue weighted by atomic mass is 32.2. The van der Waals surface area contributed by atoms with E-state index in [4.69, 9.17) is 33.5 Å². The van der Waals surface area contributed by atoms with E-state index in [1.165, 1.54) is 12.5 Å². The van der Waals surface area contributed by atoms with Gasteiger partial charge in [-0.25, -0.2) is 13.4 Å². The number of para-hydroxylation sites is 1. The number of sulfonamides is 1. The first kappa shape index (κ1) is 108. The fourth-order valence-electron chi connectivity index (χ4n) is 15.1. The van der Waals surface area contributed by atoms with Crippen molar-refractivity contribution in [3.63, 3.8) is 0 Å². The lowest BCUT2D eigenvalue weighted by Gasteiger charge is -2.31. The van der Waals surface area contributed by atoms with E-state index in [1.807, 2.05) is 10.8 Å². The van der Waals surface area contributed by atoms with Gasteiger partial charge in [-0.2, -0.15) is 0 Å². The zero-order valence-electron chi connectivity index (χ0n) is 74.2. The highest BCUT2D eigenvalue weighted by Crippen LogP contribution is 2.24. The molecule has 0 unspecified atom stereocenters. The first-order valence-electron chi connectivity index (χ1n) is 44.9. The highest BCUT2D eigenvalue weighted by molar-refractivity contribution is 7.90. The van der Waals surface area contributed by atoms with Gasteiger partial charge in [0.25, 0.3) is 0 Å². The van der Waals surface area contributed by atoms with Crippen LogP contribution in [0.15, 0.2) is 73.3 Å². The highest BCUT2D eigenvalue weighted by Gasteiger charge is 2.44. The average Bonchev–Trinajstić information content (AvgIpc) is 1.68. The van der Waals surface area contributed by atoms with Gasteiger partial charge in [0, 0.05) is 107 Å². The molecule has 2 aliphatic heterocycles. The Morgan fingerprint density at radius 1 is 0.626 bits per heavy atom. The maximum Gasteiger partial charge on any atom is 0.303 e. The Morgan fingerprint density at radius 2 is 1.24 bits per heavy atom. The molecule has 0 radical (unpaired) electrons. The SMILES string of the molecule is CCCC[C@H](NC(=O)[C@H](CN)NC(=O)[C@H](Cc1c[nH]cn1)N[C@@H](CCC(N)=O)NC(=O)[C@H](CO)NC(=O)CNC(=O)CCCS(=O)(=O)NC(=O)CCCCCCCCCCCCCCC(=O)O)C(=O)N[C@H]1CCC(=O)NCCCC[C@@H](C(N)=O)NC(=O)[C@H](Cc2c[nH]c3ccccc23)NC(=O)[C@H](CCCNC(=N)N)NC(=O)[C@@H](Cc2ccccc2)NC(=O)[C@@H]2C[C@@H](O)CN2C1=O. The molecule has 15 amide bonds. The molecular formula is C86H133N23O21S. The fourth-order valence-corrected chi connectivity index (χ4v) is 16.2. The minimum atomic E-state index is -4.12. The number of nitrogens with one attached hydrogen (secondary N) is 17. The number of primary amides is 2. The van der Waals surface area contributed by atoms with Gasteiger partial charge in [-0.3, -0.25) is 92.2 Å². The molecule has 131 heavy (non-hydrogen) atoms. The molecule has 45 heteroatoms. The molecule has 4 aromatic rings. The molecular weight excluding hydrogens is 1720 g/mol. The lowest BCUT2D eigenvalue weighted by molar-refractivity contribution is -0.143. The third kappa shape index (κ3) is 40.4. The van der Waals surface area contributed by atoms with Gasteiger partial charge in [-0.15, -0.1) is 0 Å². The second kappa shape index (κ2) is 57.7. The number of fused-ring (bicyclic) bond motifs is 2. The lowest BCUT2D eigenvalue weighted by atomic mass is 10.0. The van der Waals surface area contributed by atoms with E-state index in [2.05, 4.69) is 84.1 Å². The summed E-state index contributed by atoms with van der Waals surface area (Å²) in [5.41, 5.74) is 25.3. The Balaban J connectivity index is 1.13. The number of H-pyrrole nitrogens is 2. The maximum atomic E-state index is 15.3. The number of guanidine groups is 1. The molecule has 12 atom stereocenters. The van der Waals surface area contributed by atoms with Crippen molar-refractivity contribution >= 4 is 121 Å². The van der Waals surface area contributed by atoms with Gasteiger partial charge in [-0.05, 0) is 87.8 Å². The van der Waals surface area contributed by atoms with Crippen LogP contribution < -0.4 is 96.8 Å². The van der Waals surface area contributed by atoms with E-state index < -0.39 is 241 Å². The number of amides is 15. The largest absolute Gasteiger partial charge is 0.481 e. The van der Waals surface area contributed by atoms with Crippen LogP contribution in [-0.2, 0) is 106 Å². The number of rotatable bonds is 52. The summed E-state index contributed by atoms with van der Waals surface area (Å²) in [6.07, 6.45) is 10.4. The van der Waals surface area contributed by atoms with Crippen molar-refractivity contribution in [2.45, 2.75) is 285 Å². The van der Waals surface area contributed by atoms with Crippen LogP contribution in [0.1, 0.15) is 210 Å². The summed E-state index contributed by atoms with van der Waals surface area (Å²) in [7, 11) is -4.12. The van der Waals surface area contributed by atoms with Gasteiger partial charge < -0.3 is 117 Å². The number of carbonyl (C=O) groups excluding carboxylic acids is 15. The van der Waals surface area contributed by atoms with E-state index in [0.717, 1.165) is 80.0 Å². The molecule has 0 bridgehead atoms. The molecule has 2 aromatic carbocycles. The Hall–Kier alpha value is -12.2. The van der Waals surface area contributed by atoms with Gasteiger partial charge in [0.15, 0.2) is 5.96 Å². The zero-order chi connectivity index (χ0) is 95.8. The first-order chi connectivity index (χ1) is 62.7. The minimum Gasteiger partial charge on any atom is -0.481 e. The monoisotopic (exact) mass is 1860 g/mol. The first-order valence-corrected chi connectivity index (χ1v) is 46.6. The van der Waals surface area contributed by atoms with Crippen LogP contribution in [0.25, 0.3) is 10.9 Å². The number of carboxylic acid groups (broad SMARTS) is 1. The molecule has 2 aliphatic rings. The van der Waals surface area contributed by atoms with E-state index in [-0.39, 0.29) is 115 Å². The molecule has 2 aromatic heterocycles. The van der Waals surface area contributed by atoms with Gasteiger partial charge >= 0.3 is 5.97 Å². The fraction of sp³-hybridized carbons (Fsp3) is 0.605. The average molecular weight is 1860 g/mol. The molecule has 0 spiro atoms. The summed E-state index contributed by atoms with van der Waals surface area (Å²) < 4.78 is 27.4. The topological polar surface area (TPSA) is 712 Å². The smallest absolute Gasteiger partial charge is 0.303 e. The third-order valence-corrected chi connectivity index (χ3v) is 23.6. The van der Waals surface area contributed by atoms with Crippen molar-refractivity contribution in [1.29, 1.82) is 5.41 Å². The van der Waals surface area contributed by atoms with Crippen molar-refractivity contribution in [1.82, 2.24) is 93.7 Å². The van der Waals surface area contributed by atoms with Gasteiger partial charge in [0.1, 0.15) is 54.4 Å². The molecule has 4 heterocycles. The summed E-state index contributed by atoms with van der Waals surface area (Å²) in [4.78, 5) is 232. The molecule has 0 aliphatic carbocycles. The normalized spacial score (nSPS) is 19.2. The molecule has 28 N–H and O–H groups in total. The van der Waals surface area contributed by atoms with E-state index in [0.29, 0.717) is 30.4 Å². The third-order valence-electron chi connectivity index (χ3n) is 22.2. The molecule has 2 fully saturated rings. The van der Waals surface area contributed by atoms with Crippen LogP contribution >= 0.6 is 0 Å². The van der Waals surface area contributed by atoms with Gasteiger partial charge in [-0.1, -0.05) is 133 Å². The van der Waals surface area contributed by atoms with Gasteiger partial charge in [0.05, 0.1) is 49.2 Å². The maximum absolute atomic E-state index is 15.3. The number of aliphatic carboxylic acids is 1. The zero-order valence-corrected chi connectivity index (χ0v) is 75.1. The van der Waals surface area contributed by atoms with E-state index in [1.54, 1.807) is 61.7 Å². The Labute approximate surface area is 760 Å². The number of aromatic amines is 2. The molecule has 0 saturated carbocycles. The second-order valence-electron chi connectivity index (χ2n) is 32.9. The number of nitrogens with zero attached hydrogens (tertiary/aromatic N) is 2. The Bertz CT molecular complexity index is 4540. The Kier molecular flexibility index (Phi) is 47.4. The number of hydrogen-bond donors (Lipinski definition) is 24. The molecule has 2 saturated heterocycles. The van der Waals surface area contributed by atoms with Crippen molar-refractivity contribution in [2.75, 3.05) is 45.1 Å². The van der Waals surface area contributed by atoms with Crippen LogP contribution in [-0.4, -0.2) is 262 Å². The predicted octanol–water partition coefficient (Wildman–Crippen LogP) is -2.72. The van der Waals surface area contributed by atoms with Crippen molar-refractivity contribution in [3.05, 3.63) is 90.1 Å². The van der Waals surface area contributed by atoms with Crippen LogP contribution in [0.4, 0.5) is 0 Å². The van der Waals surface area contributed by atoms with Crippen LogP contribution in [0.2, 0.25) is 0 Å². The number of aliphatic hydroxyl groups is 2. The summed E-state index contributed by atoms with van der Waals surface area (Å²) in [5, 5.41) is 73.1. The molecule has 724 valence electrons. The number of nitrogens with two attached hydrogens (primary N) is 4. The standard InChI is InChI=1S/C86H133N23O21S/c1-2-3-28-60(102-82(125)66(46-87)106-81(124)65(44-55-48-92-52-97-55)98-70(37-36-69(88)112)107-83(126)67(51-110)99-74(116)49-96-71(113)33-24-41-131(129,130)108-73(115)32-17-12-10-8-6-4-5-7-9-11-13-18-34-75(117)118)77(120)103-62-35-38-72(114)93-39-22-21-30-59(76(89)119)100-80(123)64(43-54-47-95-58-29-20-19-27-57(54)58)104-78(121)61(31-23-40-94-86(90)91)101-79(122)63(42-53-25-15-14-16-26-53)105-84(127)68-45-56(111)50-109(68)85(62)128/h14-16,19-20,25-27,29,47-48,52,56,59-68,70,95,98,110-111H,2-13,17-18,21-24,28,30-46,49-51,87H2,1H3,(H2,88,112)(H2,89,119)(H,92,97)(H,93,114)(H,96,113)(H,99,116)(H,100,123)(H,101,122)(H,102,125)(H,103,120)(H,104,121)(H,105,127)(H,106,124)(H,107,126)(H,108,115)(H,117,118)(H4,90,91,94)/t56-,59+,60+,61+,62+,63-,64+,65+,66+,67+,68+,70-/m1/s1. The number of carboxylic acids is 1. The van der Waals surface area contributed by atoms with Crippen LogP contribution in [0.3, 0.4) is 0 Å². The van der Waals surface area contributed by atoms with Crippen LogP contribution in [0.5, 0.6) is 0 Å². The van der Waals surface area contributed by atoms with Gasteiger partial charge in [0.2, 0.25) is 98.6 Å². The summed E-state index contributed by atoms with van der Waals surface area (Å²) in [6.45, 7) is -1.10. The Morgan fingerprint density at radius 3 is 1.89 bits per heavy atom. The number of benzene rings is 2. The van der Waals surface area contributed by atoms with Crippen molar-refractivity contribution < 1.29 is 100 Å². The van der Waals surface area contributed by atoms with Crippen molar-refractivity contribution in [2.24, 2.45) is 22.9 Å². The quantitative estimate of drug-likeness (QED) is 0.00924. The van der Waals surface area contributed by atoms with Crippen LogP contribution in [0, 0.1) is 5.41 Å². The molecule has 6 rings (SSSR count). The number of aliphatic hydroxyl groups excluding tert-OH is 2. The number of unbranched alkanes of at least 4 members (excludes halogenated alkanes) is 12. The number of carbonyl (C=O) groups is 16. The number of hydrogen-bond acceptors (Lipinski definition) is 24. The predicted molar refractivity (Wildman–Crippen MR) is 480 cm³/mol. The van der Waals surface area contributed by atoms with Crippen molar-refractivity contribution in [3.8, 4) is 0 Å². The number of imidazole rings is 1. The van der Waals surface area contributed by atoms with E-state index in [9.17, 15) is 81.0 Å². The summed E-state index contributed by atoms with van der Waals surface area (Å²) in [6, 6.07) is 0.225. The lowest BCUT2D eigenvalue weighted by Crippen LogP contribution is -2.62. The number of aromatic nitrogens is 3. The summed E-state index contributed by atoms with van der Waals surface area (Å²) >= 11 is 0. The molecule has 44 nitrogen and oxygen atoms in total. The minimum absolute atomic E-state index is 0.0126. The summed E-state index contributed by atoms with van der Waals surface area (Å²) in [5.74, 6) is -15.2. The van der Waals surface area contributed by atoms with E-state index >= 15 is 14.4 Å². The second-order valence-corrected chi connectivity index (χ2v) is 34.8.